The molecule has 0 saturated heterocycles. The second-order valence-corrected chi connectivity index (χ2v) is 5.46. The maximum absolute atomic E-state index is 12.2. The highest BCUT2D eigenvalue weighted by molar-refractivity contribution is 6.32. The largest absolute Gasteiger partial charge is 0.454 e. The van der Waals surface area contributed by atoms with Crippen molar-refractivity contribution in [2.24, 2.45) is 0 Å². The monoisotopic (exact) mass is 352 g/mol. The summed E-state index contributed by atoms with van der Waals surface area (Å²) < 4.78 is 20.3. The van der Waals surface area contributed by atoms with Gasteiger partial charge >= 0.3 is 5.97 Å². The van der Waals surface area contributed by atoms with Gasteiger partial charge in [-0.05, 0) is 26.0 Å². The van der Waals surface area contributed by atoms with Crippen LogP contribution in [0.1, 0.15) is 23.0 Å². The molecule has 24 heavy (non-hydrogen) atoms. The van der Waals surface area contributed by atoms with Crippen molar-refractivity contribution >= 4 is 29.3 Å². The molecule has 1 aliphatic rings. The average Bonchev–Trinajstić information content (AvgIpc) is 3.16. The van der Waals surface area contributed by atoms with Crippen molar-refractivity contribution in [1.29, 1.82) is 0 Å². The quantitative estimate of drug-likeness (QED) is 0.844. The van der Waals surface area contributed by atoms with Crippen LogP contribution in [-0.4, -0.2) is 29.9 Å². The third-order valence-electron chi connectivity index (χ3n) is 3.20. The molecule has 126 valence electrons. The minimum atomic E-state index is -1.04. The molecular weight excluding hydrogens is 340 g/mol. The molecule has 0 aliphatic carbocycles. The molecule has 0 bridgehead atoms. The van der Waals surface area contributed by atoms with Crippen LogP contribution >= 0.6 is 11.6 Å². The van der Waals surface area contributed by atoms with Gasteiger partial charge in [0, 0.05) is 6.07 Å². The number of fused-ring (bicyclic) bond motifs is 1. The van der Waals surface area contributed by atoms with E-state index in [4.69, 9.17) is 30.3 Å². The molecule has 3 rings (SSSR count). The maximum Gasteiger partial charge on any atom is 0.339 e. The van der Waals surface area contributed by atoms with E-state index in [0.29, 0.717) is 17.3 Å². The first-order valence-corrected chi connectivity index (χ1v) is 7.36. The lowest BCUT2D eigenvalue weighted by molar-refractivity contribution is -0.123. The minimum absolute atomic E-state index is 0.0312. The van der Waals surface area contributed by atoms with Crippen LogP contribution in [0.3, 0.4) is 0 Å². The van der Waals surface area contributed by atoms with Gasteiger partial charge < -0.3 is 24.1 Å². The summed E-state index contributed by atoms with van der Waals surface area (Å²) in [6.07, 6.45) is -1.04. The van der Waals surface area contributed by atoms with Gasteiger partial charge in [-0.15, -0.1) is 0 Å². The highest BCUT2D eigenvalue weighted by Gasteiger charge is 2.24. The summed E-state index contributed by atoms with van der Waals surface area (Å²) in [7, 11) is 0. The summed E-state index contributed by atoms with van der Waals surface area (Å²) in [6.45, 7) is 3.16. The molecule has 9 heteroatoms. The third-order valence-corrected chi connectivity index (χ3v) is 3.48. The number of halogens is 1. The van der Waals surface area contributed by atoms with Crippen molar-refractivity contribution in [2.75, 3.05) is 12.1 Å². The van der Waals surface area contributed by atoms with Gasteiger partial charge in [0.15, 0.2) is 23.4 Å². The number of hydrogen-bond acceptors (Lipinski definition) is 7. The van der Waals surface area contributed by atoms with E-state index in [9.17, 15) is 9.59 Å². The Morgan fingerprint density at radius 2 is 2.12 bits per heavy atom. The van der Waals surface area contributed by atoms with E-state index in [0.717, 1.165) is 0 Å². The molecule has 1 aliphatic heterocycles. The average molecular weight is 353 g/mol. The summed E-state index contributed by atoms with van der Waals surface area (Å²) in [5, 5.41) is 6.34. The predicted molar refractivity (Wildman–Crippen MR) is 82.3 cm³/mol. The molecule has 2 heterocycles. The van der Waals surface area contributed by atoms with E-state index in [-0.39, 0.29) is 23.2 Å². The molecule has 1 N–H and O–H groups in total. The summed E-state index contributed by atoms with van der Waals surface area (Å²) in [5.74, 6) is 0.263. The second-order valence-electron chi connectivity index (χ2n) is 5.05. The summed E-state index contributed by atoms with van der Waals surface area (Å²) >= 11 is 6.02. The lowest BCUT2D eigenvalue weighted by Gasteiger charge is -2.12. The van der Waals surface area contributed by atoms with Crippen molar-refractivity contribution in [3.63, 3.8) is 0 Å². The van der Waals surface area contributed by atoms with Crippen molar-refractivity contribution in [1.82, 2.24) is 5.16 Å². The molecule has 1 aromatic carbocycles. The summed E-state index contributed by atoms with van der Waals surface area (Å²) in [4.78, 5) is 24.2. The van der Waals surface area contributed by atoms with Gasteiger partial charge in [-0.2, -0.15) is 0 Å². The van der Waals surface area contributed by atoms with E-state index >= 15 is 0 Å². The zero-order chi connectivity index (χ0) is 17.3. The van der Waals surface area contributed by atoms with E-state index < -0.39 is 18.0 Å². The summed E-state index contributed by atoms with van der Waals surface area (Å²) in [6, 6.07) is 4.38. The number of amides is 1. The standard InChI is InChI=1S/C15H13ClN2O6/c1-7-3-12(18-24-7)17-14(19)8(2)23-15(20)9-4-10(16)13-11(5-9)21-6-22-13/h3-5,8H,6H2,1-2H3,(H,17,18,19)/t8-/m0/s1. The number of hydrogen-bond donors (Lipinski definition) is 1. The first kappa shape index (κ1) is 16.1. The van der Waals surface area contributed by atoms with Crippen LogP contribution in [0.25, 0.3) is 0 Å². The fourth-order valence-corrected chi connectivity index (χ4v) is 2.29. The molecule has 0 unspecified atom stereocenters. The van der Waals surface area contributed by atoms with Crippen LogP contribution in [0, 0.1) is 6.92 Å². The number of nitrogens with one attached hydrogen (secondary N) is 1. The van der Waals surface area contributed by atoms with Crippen LogP contribution in [0.4, 0.5) is 5.82 Å². The van der Waals surface area contributed by atoms with Gasteiger partial charge in [-0.3, -0.25) is 4.79 Å². The SMILES string of the molecule is Cc1cc(NC(=O)[C@H](C)OC(=O)c2cc(Cl)c3c(c2)OCO3)no1. The Bertz CT molecular complexity index is 803. The first-order chi connectivity index (χ1) is 11.4. The lowest BCUT2D eigenvalue weighted by Crippen LogP contribution is -2.30. The van der Waals surface area contributed by atoms with Crippen LogP contribution < -0.4 is 14.8 Å². The Morgan fingerprint density at radius 1 is 1.33 bits per heavy atom. The van der Waals surface area contributed by atoms with Crippen LogP contribution in [0.15, 0.2) is 22.7 Å². The zero-order valence-electron chi connectivity index (χ0n) is 12.8. The normalized spacial score (nSPS) is 13.5. The number of aryl methyl sites for hydroxylation is 1. The minimum Gasteiger partial charge on any atom is -0.454 e. The molecule has 1 amide bonds. The van der Waals surface area contributed by atoms with Gasteiger partial charge in [-0.1, -0.05) is 16.8 Å². The van der Waals surface area contributed by atoms with Gasteiger partial charge in [0.1, 0.15) is 5.76 Å². The van der Waals surface area contributed by atoms with Crippen molar-refractivity contribution < 1.29 is 28.3 Å². The van der Waals surface area contributed by atoms with Crippen molar-refractivity contribution in [2.45, 2.75) is 20.0 Å². The molecule has 0 radical (unpaired) electrons. The number of benzene rings is 1. The zero-order valence-corrected chi connectivity index (χ0v) is 13.5. The number of rotatable bonds is 4. The van der Waals surface area contributed by atoms with E-state index in [2.05, 4.69) is 10.5 Å². The Balaban J connectivity index is 1.66. The third kappa shape index (κ3) is 3.28. The molecule has 2 aromatic rings. The van der Waals surface area contributed by atoms with Gasteiger partial charge in [0.25, 0.3) is 5.91 Å². The molecule has 1 aromatic heterocycles. The highest BCUT2D eigenvalue weighted by Crippen LogP contribution is 2.39. The van der Waals surface area contributed by atoms with Crippen molar-refractivity contribution in [3.05, 3.63) is 34.5 Å². The highest BCUT2D eigenvalue weighted by atomic mass is 35.5. The molecule has 0 saturated carbocycles. The smallest absolute Gasteiger partial charge is 0.339 e. The number of nitrogens with zero attached hydrogens (tertiary/aromatic N) is 1. The fraction of sp³-hybridized carbons (Fsp3) is 0.267. The number of aromatic nitrogens is 1. The fourth-order valence-electron chi connectivity index (χ4n) is 2.02. The number of esters is 1. The van der Waals surface area contributed by atoms with E-state index in [1.165, 1.54) is 19.1 Å². The van der Waals surface area contributed by atoms with Crippen LogP contribution in [0.2, 0.25) is 5.02 Å². The molecular formula is C15H13ClN2O6. The van der Waals surface area contributed by atoms with E-state index in [1.54, 1.807) is 13.0 Å². The molecule has 8 nitrogen and oxygen atoms in total. The number of anilines is 1. The lowest BCUT2D eigenvalue weighted by atomic mass is 10.2. The number of carbonyl (C=O) groups is 2. The number of carbonyl (C=O) groups excluding carboxylic acids is 2. The Hall–Kier alpha value is -2.74. The van der Waals surface area contributed by atoms with E-state index in [1.807, 2.05) is 0 Å². The molecule has 1 atom stereocenters. The second kappa shape index (κ2) is 6.40. The predicted octanol–water partition coefficient (Wildman–Crippen LogP) is 2.55. The Morgan fingerprint density at radius 3 is 2.83 bits per heavy atom. The van der Waals surface area contributed by atoms with Gasteiger partial charge in [-0.25, -0.2) is 4.79 Å². The van der Waals surface area contributed by atoms with Crippen molar-refractivity contribution in [3.8, 4) is 11.5 Å². The van der Waals surface area contributed by atoms with Gasteiger partial charge in [0.2, 0.25) is 6.79 Å². The van der Waals surface area contributed by atoms with Gasteiger partial charge in [0.05, 0.1) is 10.6 Å². The van der Waals surface area contributed by atoms with Crippen LogP contribution in [0.5, 0.6) is 11.5 Å². The number of ether oxygens (including phenoxy) is 3. The summed E-state index contributed by atoms with van der Waals surface area (Å²) in [5.41, 5.74) is 0.154. The maximum atomic E-state index is 12.2. The Labute approximate surface area is 141 Å². The topological polar surface area (TPSA) is 99.9 Å². The molecule has 0 spiro atoms. The Kier molecular flexibility index (Phi) is 4.30. The molecule has 0 fully saturated rings. The van der Waals surface area contributed by atoms with Crippen LogP contribution in [-0.2, 0) is 9.53 Å². The first-order valence-electron chi connectivity index (χ1n) is 6.98.